The zero-order chi connectivity index (χ0) is 11.2. The van der Waals surface area contributed by atoms with Crippen molar-refractivity contribution in [3.63, 3.8) is 0 Å². The van der Waals surface area contributed by atoms with Crippen molar-refractivity contribution in [2.75, 3.05) is 0 Å². The molecule has 17 heavy (non-hydrogen) atoms. The average molecular weight is 216 g/mol. The van der Waals surface area contributed by atoms with Crippen LogP contribution in [0.3, 0.4) is 0 Å². The van der Waals surface area contributed by atoms with Gasteiger partial charge in [-0.05, 0) is 39.1 Å². The van der Waals surface area contributed by atoms with Crippen LogP contribution in [0.1, 0.15) is 11.1 Å². The van der Waals surface area contributed by atoms with Gasteiger partial charge in [0.2, 0.25) is 0 Å². The minimum absolute atomic E-state index is 1.08. The first-order valence-electron chi connectivity index (χ1n) is 6.03. The molecular weight excluding hydrogens is 204 g/mol. The SMILES string of the molecule is C1=Cc2c(ccc3c2ccc2ccccc23)C1. The molecule has 0 unspecified atom stereocenters. The monoisotopic (exact) mass is 216 g/mol. The van der Waals surface area contributed by atoms with E-state index in [4.69, 9.17) is 0 Å². The smallest absolute Gasteiger partial charge is 0.00879 e. The van der Waals surface area contributed by atoms with Crippen molar-refractivity contribution in [1.82, 2.24) is 0 Å². The zero-order valence-corrected chi connectivity index (χ0v) is 9.48. The zero-order valence-electron chi connectivity index (χ0n) is 9.48. The highest BCUT2D eigenvalue weighted by atomic mass is 14.1. The van der Waals surface area contributed by atoms with Crippen molar-refractivity contribution in [1.29, 1.82) is 0 Å². The second-order valence-corrected chi connectivity index (χ2v) is 4.63. The molecule has 0 amide bonds. The predicted molar refractivity (Wildman–Crippen MR) is 74.2 cm³/mol. The Morgan fingerprint density at radius 1 is 0.706 bits per heavy atom. The highest BCUT2D eigenvalue weighted by Gasteiger charge is 2.10. The topological polar surface area (TPSA) is 0 Å². The molecule has 0 nitrogen and oxygen atoms in total. The fourth-order valence-corrected chi connectivity index (χ4v) is 2.84. The van der Waals surface area contributed by atoms with Gasteiger partial charge in [0.1, 0.15) is 0 Å². The van der Waals surface area contributed by atoms with E-state index in [1.165, 1.54) is 32.7 Å². The summed E-state index contributed by atoms with van der Waals surface area (Å²) in [5.41, 5.74) is 2.86. The van der Waals surface area contributed by atoms with Gasteiger partial charge in [0.15, 0.2) is 0 Å². The molecular formula is C17H12. The summed E-state index contributed by atoms with van der Waals surface area (Å²) >= 11 is 0. The van der Waals surface area contributed by atoms with E-state index in [-0.39, 0.29) is 0 Å². The van der Waals surface area contributed by atoms with Crippen molar-refractivity contribution in [2.45, 2.75) is 6.42 Å². The van der Waals surface area contributed by atoms with Gasteiger partial charge in [0.05, 0.1) is 0 Å². The first-order valence-corrected chi connectivity index (χ1v) is 6.03. The summed E-state index contributed by atoms with van der Waals surface area (Å²) in [7, 11) is 0. The molecule has 0 N–H and O–H groups in total. The molecule has 1 aliphatic rings. The molecule has 3 aromatic rings. The molecule has 0 atom stereocenters. The molecule has 1 aliphatic carbocycles. The Kier molecular flexibility index (Phi) is 1.70. The maximum atomic E-state index is 2.27. The number of hydrogen-bond acceptors (Lipinski definition) is 0. The third-order valence-electron chi connectivity index (χ3n) is 3.68. The predicted octanol–water partition coefficient (Wildman–Crippen LogP) is 4.56. The van der Waals surface area contributed by atoms with Crippen LogP contribution < -0.4 is 0 Å². The quantitative estimate of drug-likeness (QED) is 0.483. The maximum Gasteiger partial charge on any atom is -0.00879 e. The average Bonchev–Trinajstić information content (AvgIpc) is 2.86. The summed E-state index contributed by atoms with van der Waals surface area (Å²) in [5, 5.41) is 5.43. The lowest BCUT2D eigenvalue weighted by atomic mass is 9.96. The molecule has 0 saturated heterocycles. The number of fused-ring (bicyclic) bond motifs is 5. The third-order valence-corrected chi connectivity index (χ3v) is 3.68. The second kappa shape index (κ2) is 3.21. The lowest BCUT2D eigenvalue weighted by Gasteiger charge is -2.08. The van der Waals surface area contributed by atoms with E-state index in [1.807, 2.05) is 0 Å². The summed E-state index contributed by atoms with van der Waals surface area (Å²) in [5.74, 6) is 0. The van der Waals surface area contributed by atoms with Crippen LogP contribution in [0.25, 0.3) is 27.6 Å². The standard InChI is InChI=1S/C17H12/c1-2-6-14-12(4-1)8-10-17-15-7-3-5-13(15)9-11-16(14)17/h1-4,6-11H,5H2. The summed E-state index contributed by atoms with van der Waals surface area (Å²) in [6.07, 6.45) is 5.59. The van der Waals surface area contributed by atoms with Crippen molar-refractivity contribution < 1.29 is 0 Å². The minimum Gasteiger partial charge on any atom is -0.0795 e. The fourth-order valence-electron chi connectivity index (χ4n) is 2.84. The van der Waals surface area contributed by atoms with Gasteiger partial charge < -0.3 is 0 Å². The summed E-state index contributed by atoms with van der Waals surface area (Å²) < 4.78 is 0. The van der Waals surface area contributed by atoms with Crippen molar-refractivity contribution in [3.8, 4) is 0 Å². The summed E-state index contributed by atoms with van der Waals surface area (Å²) in [6, 6.07) is 17.6. The van der Waals surface area contributed by atoms with E-state index in [9.17, 15) is 0 Å². The van der Waals surface area contributed by atoms with Gasteiger partial charge in [-0.25, -0.2) is 0 Å². The molecule has 0 saturated carbocycles. The minimum atomic E-state index is 1.08. The van der Waals surface area contributed by atoms with Crippen LogP contribution in [0.4, 0.5) is 0 Å². The van der Waals surface area contributed by atoms with Crippen LogP contribution in [-0.4, -0.2) is 0 Å². The molecule has 0 spiro atoms. The van der Waals surface area contributed by atoms with Gasteiger partial charge in [-0.3, -0.25) is 0 Å². The second-order valence-electron chi connectivity index (χ2n) is 4.63. The van der Waals surface area contributed by atoms with Crippen LogP contribution >= 0.6 is 0 Å². The van der Waals surface area contributed by atoms with Gasteiger partial charge in [-0.1, -0.05) is 60.7 Å². The Balaban J connectivity index is 2.25. The Bertz CT molecular complexity index is 763. The van der Waals surface area contributed by atoms with Crippen molar-refractivity contribution in [2.24, 2.45) is 0 Å². The van der Waals surface area contributed by atoms with Crippen LogP contribution in [0.2, 0.25) is 0 Å². The van der Waals surface area contributed by atoms with Gasteiger partial charge >= 0.3 is 0 Å². The molecule has 3 aromatic carbocycles. The Hall–Kier alpha value is -2.08. The Morgan fingerprint density at radius 2 is 1.59 bits per heavy atom. The van der Waals surface area contributed by atoms with Gasteiger partial charge in [-0.2, -0.15) is 0 Å². The van der Waals surface area contributed by atoms with E-state index in [2.05, 4.69) is 60.7 Å². The van der Waals surface area contributed by atoms with Crippen molar-refractivity contribution >= 4 is 27.6 Å². The summed E-state index contributed by atoms with van der Waals surface area (Å²) in [4.78, 5) is 0. The molecule has 0 bridgehead atoms. The highest BCUT2D eigenvalue weighted by Crippen LogP contribution is 2.32. The molecule has 0 aliphatic heterocycles. The first kappa shape index (κ1) is 9.00. The van der Waals surface area contributed by atoms with E-state index >= 15 is 0 Å². The van der Waals surface area contributed by atoms with E-state index < -0.39 is 0 Å². The molecule has 0 heterocycles. The van der Waals surface area contributed by atoms with Crippen LogP contribution in [-0.2, 0) is 6.42 Å². The lowest BCUT2D eigenvalue weighted by Crippen LogP contribution is -1.85. The van der Waals surface area contributed by atoms with Crippen LogP contribution in [0, 0.1) is 0 Å². The third kappa shape index (κ3) is 1.18. The van der Waals surface area contributed by atoms with Crippen molar-refractivity contribution in [3.05, 3.63) is 65.7 Å². The Labute approximate surface area is 100 Å². The first-order chi connectivity index (χ1) is 8.43. The molecule has 4 rings (SSSR count). The number of allylic oxidation sites excluding steroid dienone is 1. The molecule has 80 valence electrons. The molecule has 0 aromatic heterocycles. The maximum absolute atomic E-state index is 2.27. The van der Waals surface area contributed by atoms with Crippen LogP contribution in [0.15, 0.2) is 54.6 Å². The van der Waals surface area contributed by atoms with Gasteiger partial charge in [0.25, 0.3) is 0 Å². The van der Waals surface area contributed by atoms with E-state index in [0.29, 0.717) is 0 Å². The highest BCUT2D eigenvalue weighted by molar-refractivity contribution is 6.10. The fraction of sp³-hybridized carbons (Fsp3) is 0.0588. The van der Waals surface area contributed by atoms with Gasteiger partial charge in [-0.15, -0.1) is 0 Å². The normalized spacial score (nSPS) is 13.4. The summed E-state index contributed by atoms with van der Waals surface area (Å²) in [6.45, 7) is 0. The number of rotatable bonds is 0. The largest absolute Gasteiger partial charge is 0.0795 e. The lowest BCUT2D eigenvalue weighted by molar-refractivity contribution is 1.32. The molecule has 0 heteroatoms. The van der Waals surface area contributed by atoms with Crippen LogP contribution in [0.5, 0.6) is 0 Å². The molecule has 0 fully saturated rings. The molecule has 0 radical (unpaired) electrons. The van der Waals surface area contributed by atoms with E-state index in [1.54, 1.807) is 0 Å². The van der Waals surface area contributed by atoms with E-state index in [0.717, 1.165) is 6.42 Å². The Morgan fingerprint density at radius 3 is 2.59 bits per heavy atom. The number of benzene rings is 3. The number of hydrogen-bond donors (Lipinski definition) is 0. The van der Waals surface area contributed by atoms with Gasteiger partial charge in [0, 0.05) is 0 Å².